The summed E-state index contributed by atoms with van der Waals surface area (Å²) >= 11 is 0. The first kappa shape index (κ1) is 26.4. The number of aromatic nitrogens is 1. The highest BCUT2D eigenvalue weighted by atomic mass is 16.5. The third-order valence-corrected chi connectivity index (χ3v) is 8.72. The number of hydrogen-bond acceptors (Lipinski definition) is 5. The number of benzene rings is 1. The van der Waals surface area contributed by atoms with Crippen molar-refractivity contribution in [3.05, 3.63) is 63.5 Å². The highest BCUT2D eigenvalue weighted by molar-refractivity contribution is 5.67. The standard InChI is InChI=1S/C32H43NO4/c1-18(2)26-24-25(23-22(35)17-31(7,8)29(27(23)33-26)36-19(3)34)32(15-9-10-16-32)37-28(24)20-11-13-21(14-12-20)30(4,5)6/h11-14,18,22,28-29,35H,9-10,15-17H2,1-8H3/t22-,28+,29-/m0/s1. The third kappa shape index (κ3) is 4.32. The first-order valence-electron chi connectivity index (χ1n) is 14.0. The van der Waals surface area contributed by atoms with Gasteiger partial charge in [-0.3, -0.25) is 9.78 Å². The van der Waals surface area contributed by atoms with Crippen LogP contribution in [0.5, 0.6) is 0 Å². The van der Waals surface area contributed by atoms with Crippen molar-refractivity contribution in [2.75, 3.05) is 0 Å². The molecular formula is C32H43NO4. The Morgan fingerprint density at radius 1 is 1.11 bits per heavy atom. The number of pyridine rings is 1. The van der Waals surface area contributed by atoms with Crippen LogP contribution in [0, 0.1) is 5.41 Å². The van der Waals surface area contributed by atoms with E-state index in [9.17, 15) is 9.90 Å². The predicted molar refractivity (Wildman–Crippen MR) is 144 cm³/mol. The molecule has 37 heavy (non-hydrogen) atoms. The minimum atomic E-state index is -0.678. The number of nitrogens with zero attached hydrogens (tertiary/aromatic N) is 1. The number of esters is 1. The van der Waals surface area contributed by atoms with Crippen molar-refractivity contribution in [3.63, 3.8) is 0 Å². The highest BCUT2D eigenvalue weighted by Gasteiger charge is 2.54. The molecule has 1 spiro atoms. The Kier molecular flexibility index (Phi) is 6.35. The number of carbonyl (C=O) groups is 1. The Bertz CT molecular complexity index is 1200. The third-order valence-electron chi connectivity index (χ3n) is 8.72. The number of ether oxygens (including phenoxy) is 2. The lowest BCUT2D eigenvalue weighted by Gasteiger charge is -2.42. The molecule has 3 aliphatic rings. The van der Waals surface area contributed by atoms with E-state index < -0.39 is 23.2 Å². The van der Waals surface area contributed by atoms with Crippen LogP contribution in [0.25, 0.3) is 0 Å². The molecule has 0 bridgehead atoms. The van der Waals surface area contributed by atoms with Crippen LogP contribution in [0.4, 0.5) is 0 Å². The molecule has 2 heterocycles. The maximum Gasteiger partial charge on any atom is 0.303 e. The molecule has 1 saturated carbocycles. The number of aliphatic hydroxyl groups excluding tert-OH is 1. The van der Waals surface area contributed by atoms with E-state index in [1.54, 1.807) is 0 Å². The van der Waals surface area contributed by atoms with E-state index in [1.165, 1.54) is 12.5 Å². The molecule has 1 N–H and O–H groups in total. The van der Waals surface area contributed by atoms with Crippen LogP contribution in [0.15, 0.2) is 24.3 Å². The molecule has 2 aliphatic carbocycles. The normalized spacial score (nSPS) is 25.8. The van der Waals surface area contributed by atoms with E-state index in [2.05, 4.69) is 72.7 Å². The van der Waals surface area contributed by atoms with Crippen LogP contribution in [0.1, 0.15) is 151 Å². The van der Waals surface area contributed by atoms with Crippen LogP contribution in [0.2, 0.25) is 0 Å². The molecule has 0 radical (unpaired) electrons. The first-order valence-corrected chi connectivity index (χ1v) is 14.0. The van der Waals surface area contributed by atoms with Gasteiger partial charge in [-0.2, -0.15) is 0 Å². The summed E-state index contributed by atoms with van der Waals surface area (Å²) in [4.78, 5) is 17.4. The Balaban J connectivity index is 1.77. The van der Waals surface area contributed by atoms with Gasteiger partial charge in [-0.1, -0.05) is 85.6 Å². The summed E-state index contributed by atoms with van der Waals surface area (Å²) in [5.41, 5.74) is 6.43. The van der Waals surface area contributed by atoms with Gasteiger partial charge in [0.2, 0.25) is 0 Å². The van der Waals surface area contributed by atoms with Gasteiger partial charge in [-0.25, -0.2) is 0 Å². The molecule has 1 fully saturated rings. The van der Waals surface area contributed by atoms with Gasteiger partial charge in [-0.15, -0.1) is 0 Å². The molecule has 1 aromatic heterocycles. The summed E-state index contributed by atoms with van der Waals surface area (Å²) in [6.45, 7) is 16.6. The number of fused-ring (bicyclic) bond motifs is 4. The Morgan fingerprint density at radius 3 is 2.27 bits per heavy atom. The summed E-state index contributed by atoms with van der Waals surface area (Å²) in [6, 6.07) is 8.83. The smallest absolute Gasteiger partial charge is 0.303 e. The van der Waals surface area contributed by atoms with Gasteiger partial charge in [0.15, 0.2) is 0 Å². The monoisotopic (exact) mass is 505 g/mol. The summed E-state index contributed by atoms with van der Waals surface area (Å²) in [6.07, 6.45) is 3.14. The second-order valence-electron chi connectivity index (χ2n) is 13.5. The quantitative estimate of drug-likeness (QED) is 0.439. The average molecular weight is 506 g/mol. The van der Waals surface area contributed by atoms with E-state index in [0.29, 0.717) is 6.42 Å². The number of hydrogen-bond donors (Lipinski definition) is 1. The van der Waals surface area contributed by atoms with Crippen molar-refractivity contribution in [3.8, 4) is 0 Å². The molecule has 2 aromatic rings. The zero-order valence-corrected chi connectivity index (χ0v) is 23.8. The molecule has 0 saturated heterocycles. The van der Waals surface area contributed by atoms with Crippen molar-refractivity contribution in [2.24, 2.45) is 5.41 Å². The van der Waals surface area contributed by atoms with E-state index in [4.69, 9.17) is 14.5 Å². The van der Waals surface area contributed by atoms with E-state index in [1.807, 2.05) is 0 Å². The maximum absolute atomic E-state index is 12.2. The first-order chi connectivity index (χ1) is 17.2. The van der Waals surface area contributed by atoms with Gasteiger partial charge in [0.05, 0.1) is 17.4 Å². The van der Waals surface area contributed by atoms with Crippen molar-refractivity contribution in [1.29, 1.82) is 0 Å². The lowest BCUT2D eigenvalue weighted by atomic mass is 9.68. The fourth-order valence-corrected chi connectivity index (χ4v) is 6.89. The van der Waals surface area contributed by atoms with E-state index >= 15 is 0 Å². The molecule has 5 heteroatoms. The summed E-state index contributed by atoms with van der Waals surface area (Å²) in [7, 11) is 0. The molecule has 0 unspecified atom stereocenters. The Morgan fingerprint density at radius 2 is 1.73 bits per heavy atom. The van der Waals surface area contributed by atoms with Gasteiger partial charge in [0.1, 0.15) is 12.2 Å². The van der Waals surface area contributed by atoms with Crippen LogP contribution in [-0.4, -0.2) is 16.1 Å². The maximum atomic E-state index is 12.2. The highest BCUT2D eigenvalue weighted by Crippen LogP contribution is 2.61. The largest absolute Gasteiger partial charge is 0.455 e. The second kappa shape index (κ2) is 8.91. The number of carbonyl (C=O) groups excluding carboxylic acids is 1. The minimum absolute atomic E-state index is 0.0754. The van der Waals surface area contributed by atoms with Crippen molar-refractivity contribution >= 4 is 5.97 Å². The number of rotatable bonds is 3. The van der Waals surface area contributed by atoms with Crippen molar-refractivity contribution < 1.29 is 19.4 Å². The summed E-state index contributed by atoms with van der Waals surface area (Å²) in [5.74, 6) is -0.173. The van der Waals surface area contributed by atoms with E-state index in [0.717, 1.165) is 59.3 Å². The van der Waals surface area contributed by atoms with Crippen LogP contribution < -0.4 is 0 Å². The van der Waals surface area contributed by atoms with Crippen molar-refractivity contribution in [1.82, 2.24) is 4.98 Å². The summed E-state index contributed by atoms with van der Waals surface area (Å²) in [5, 5.41) is 11.6. The lowest BCUT2D eigenvalue weighted by Crippen LogP contribution is -2.37. The van der Waals surface area contributed by atoms with Gasteiger partial charge in [0.25, 0.3) is 0 Å². The molecular weight excluding hydrogens is 462 g/mol. The van der Waals surface area contributed by atoms with Gasteiger partial charge < -0.3 is 14.6 Å². The molecule has 5 nitrogen and oxygen atoms in total. The van der Waals surface area contributed by atoms with Gasteiger partial charge in [-0.05, 0) is 47.3 Å². The van der Waals surface area contributed by atoms with E-state index in [-0.39, 0.29) is 23.4 Å². The fourth-order valence-electron chi connectivity index (χ4n) is 6.89. The molecule has 5 rings (SSSR count). The number of aliphatic hydroxyl groups is 1. The van der Waals surface area contributed by atoms with Crippen LogP contribution in [0.3, 0.4) is 0 Å². The second-order valence-corrected chi connectivity index (χ2v) is 13.5. The molecule has 0 amide bonds. The average Bonchev–Trinajstić information content (AvgIpc) is 3.40. The fraction of sp³-hybridized carbons (Fsp3) is 0.625. The van der Waals surface area contributed by atoms with Gasteiger partial charge >= 0.3 is 5.97 Å². The minimum Gasteiger partial charge on any atom is -0.455 e. The lowest BCUT2D eigenvalue weighted by molar-refractivity contribution is -0.156. The molecule has 200 valence electrons. The SMILES string of the molecule is CC(=O)O[C@H]1c2nc(C(C)C)c3c(c2[C@@H](O)CC1(C)C)C1(CCCC1)O[C@@H]3c1ccc(C(C)(C)C)cc1. The van der Waals surface area contributed by atoms with Crippen LogP contribution >= 0.6 is 0 Å². The Hall–Kier alpha value is -2.24. The van der Waals surface area contributed by atoms with Crippen molar-refractivity contribution in [2.45, 2.75) is 123 Å². The zero-order valence-electron chi connectivity index (χ0n) is 23.8. The Labute approximate surface area is 222 Å². The topological polar surface area (TPSA) is 68.7 Å². The predicted octanol–water partition coefficient (Wildman–Crippen LogP) is 7.46. The van der Waals surface area contributed by atoms with Gasteiger partial charge in [0, 0.05) is 29.2 Å². The molecule has 1 aromatic carbocycles. The molecule has 3 atom stereocenters. The summed E-state index contributed by atoms with van der Waals surface area (Å²) < 4.78 is 13.0. The molecule has 1 aliphatic heterocycles. The zero-order chi connectivity index (χ0) is 26.9. The van der Waals surface area contributed by atoms with Crippen LogP contribution in [-0.2, 0) is 25.3 Å².